The lowest BCUT2D eigenvalue weighted by Crippen LogP contribution is -2.06. The average Bonchev–Trinajstić information content (AvgIpc) is 2.51. The van der Waals surface area contributed by atoms with Crippen molar-refractivity contribution in [2.45, 2.75) is 0 Å². The number of nitro benzene ring substituents is 1. The van der Waals surface area contributed by atoms with Crippen molar-refractivity contribution in [3.8, 4) is 11.5 Å². The molecule has 7 nitrogen and oxygen atoms in total. The van der Waals surface area contributed by atoms with Crippen molar-refractivity contribution >= 4 is 39.8 Å². The van der Waals surface area contributed by atoms with Crippen molar-refractivity contribution in [1.29, 1.82) is 0 Å². The molecule has 0 bridgehead atoms. The van der Waals surface area contributed by atoms with Crippen molar-refractivity contribution in [1.82, 2.24) is 9.97 Å². The molecule has 0 spiro atoms. The molecule has 0 fully saturated rings. The molecule has 0 atom stereocenters. The van der Waals surface area contributed by atoms with Crippen molar-refractivity contribution < 1.29 is 9.66 Å². The maximum Gasteiger partial charge on any atom is 0.272 e. The number of aromatic nitrogens is 2. The van der Waals surface area contributed by atoms with E-state index in [1.165, 1.54) is 12.4 Å². The SMILES string of the molecule is O=c1[nH]cnc2ccc(Oc3c(Cl)cc([N+](=O)[O-])cc3Cl)cc12. The van der Waals surface area contributed by atoms with Crippen molar-refractivity contribution in [3.63, 3.8) is 0 Å². The molecule has 3 aromatic rings. The highest BCUT2D eigenvalue weighted by atomic mass is 35.5. The van der Waals surface area contributed by atoms with Crippen LogP contribution >= 0.6 is 23.2 Å². The predicted octanol–water partition coefficient (Wildman–Crippen LogP) is 3.93. The zero-order chi connectivity index (χ0) is 16.6. The number of non-ortho nitro benzene ring substituents is 1. The van der Waals surface area contributed by atoms with Crippen LogP contribution in [0.1, 0.15) is 0 Å². The number of aromatic amines is 1. The quantitative estimate of drug-likeness (QED) is 0.569. The minimum absolute atomic E-state index is 0.00982. The minimum atomic E-state index is -0.608. The number of fused-ring (bicyclic) bond motifs is 1. The van der Waals surface area contributed by atoms with Crippen LogP contribution in [0.15, 0.2) is 41.5 Å². The Morgan fingerprint density at radius 2 is 1.87 bits per heavy atom. The maximum absolute atomic E-state index is 11.8. The zero-order valence-corrected chi connectivity index (χ0v) is 12.8. The Labute approximate surface area is 138 Å². The topological polar surface area (TPSA) is 98.1 Å². The van der Waals surface area contributed by atoms with Gasteiger partial charge in [0.05, 0.1) is 32.2 Å². The van der Waals surface area contributed by atoms with Crippen LogP contribution in [0, 0.1) is 10.1 Å². The lowest BCUT2D eigenvalue weighted by Gasteiger charge is -2.10. The second-order valence-electron chi connectivity index (χ2n) is 4.51. The van der Waals surface area contributed by atoms with Gasteiger partial charge in [-0.3, -0.25) is 14.9 Å². The molecule has 1 heterocycles. The highest BCUT2D eigenvalue weighted by Crippen LogP contribution is 2.39. The number of nitro groups is 1. The summed E-state index contributed by atoms with van der Waals surface area (Å²) in [5, 5.41) is 11.1. The maximum atomic E-state index is 11.8. The van der Waals surface area contributed by atoms with Crippen LogP contribution in [-0.2, 0) is 0 Å². The minimum Gasteiger partial charge on any atom is -0.454 e. The Bertz CT molecular complexity index is 964. The molecule has 0 aliphatic carbocycles. The molecular formula is C14H7Cl2N3O4. The van der Waals surface area contributed by atoms with E-state index in [1.54, 1.807) is 12.1 Å². The third-order valence-electron chi connectivity index (χ3n) is 3.03. The molecule has 0 radical (unpaired) electrons. The third-order valence-corrected chi connectivity index (χ3v) is 3.59. The summed E-state index contributed by atoms with van der Waals surface area (Å²) in [5.41, 5.74) is -0.0603. The van der Waals surface area contributed by atoms with E-state index in [1.807, 2.05) is 0 Å². The number of rotatable bonds is 3. The summed E-state index contributed by atoms with van der Waals surface area (Å²) in [6.45, 7) is 0. The highest BCUT2D eigenvalue weighted by molar-refractivity contribution is 6.37. The Morgan fingerprint density at radius 3 is 2.52 bits per heavy atom. The number of hydrogen-bond donors (Lipinski definition) is 1. The summed E-state index contributed by atoms with van der Waals surface area (Å²) in [5.74, 6) is 0.368. The van der Waals surface area contributed by atoms with Gasteiger partial charge in [0.2, 0.25) is 0 Å². The molecule has 0 saturated heterocycles. The van der Waals surface area contributed by atoms with Crippen LogP contribution in [0.4, 0.5) is 5.69 Å². The summed E-state index contributed by atoms with van der Waals surface area (Å²) >= 11 is 12.0. The molecule has 0 aliphatic heterocycles. The van der Waals surface area contributed by atoms with Crippen LogP contribution < -0.4 is 10.3 Å². The molecule has 2 aromatic carbocycles. The molecule has 1 aromatic heterocycles. The van der Waals surface area contributed by atoms with Gasteiger partial charge < -0.3 is 9.72 Å². The first-order valence-corrected chi connectivity index (χ1v) is 7.00. The third kappa shape index (κ3) is 2.96. The molecule has 0 amide bonds. The summed E-state index contributed by atoms with van der Waals surface area (Å²) in [6, 6.07) is 6.95. The van der Waals surface area contributed by atoms with Crippen LogP contribution in [0.3, 0.4) is 0 Å². The van der Waals surface area contributed by atoms with E-state index in [-0.39, 0.29) is 27.0 Å². The number of benzene rings is 2. The molecule has 0 aliphatic rings. The summed E-state index contributed by atoms with van der Waals surface area (Å²) in [6.07, 6.45) is 1.30. The molecule has 0 unspecified atom stereocenters. The van der Waals surface area contributed by atoms with Gasteiger partial charge in [0.1, 0.15) is 5.75 Å². The van der Waals surface area contributed by atoms with Crippen molar-refractivity contribution in [3.05, 3.63) is 67.2 Å². The fourth-order valence-corrected chi connectivity index (χ4v) is 2.53. The van der Waals surface area contributed by atoms with Gasteiger partial charge in [-0.1, -0.05) is 23.2 Å². The van der Waals surface area contributed by atoms with Gasteiger partial charge in [0, 0.05) is 12.1 Å². The molecule has 116 valence electrons. The highest BCUT2D eigenvalue weighted by Gasteiger charge is 2.16. The molecule has 23 heavy (non-hydrogen) atoms. The number of nitrogens with one attached hydrogen (secondary N) is 1. The van der Waals surface area contributed by atoms with E-state index < -0.39 is 4.92 Å². The molecule has 0 saturated carbocycles. The predicted molar refractivity (Wildman–Crippen MR) is 85.6 cm³/mol. The Balaban J connectivity index is 2.04. The number of hydrogen-bond acceptors (Lipinski definition) is 5. The van der Waals surface area contributed by atoms with E-state index >= 15 is 0 Å². The largest absolute Gasteiger partial charge is 0.454 e. The standard InChI is InChI=1S/C14H7Cl2N3O4/c15-10-3-7(19(21)22)4-11(16)13(10)23-8-1-2-12-9(5-8)14(20)18-6-17-12/h1-6H,(H,17,18,20). The van der Waals surface area contributed by atoms with Gasteiger partial charge >= 0.3 is 0 Å². The lowest BCUT2D eigenvalue weighted by molar-refractivity contribution is -0.384. The van der Waals surface area contributed by atoms with E-state index in [0.717, 1.165) is 12.1 Å². The molecule has 3 rings (SSSR count). The summed E-state index contributed by atoms with van der Waals surface area (Å²) in [4.78, 5) is 28.4. The van der Waals surface area contributed by atoms with Gasteiger partial charge in [-0.05, 0) is 18.2 Å². The van der Waals surface area contributed by atoms with Gasteiger partial charge in [-0.25, -0.2) is 4.98 Å². The summed E-state index contributed by atoms with van der Waals surface area (Å²) in [7, 11) is 0. The van der Waals surface area contributed by atoms with E-state index in [0.29, 0.717) is 16.7 Å². The van der Waals surface area contributed by atoms with Crippen LogP contribution in [0.25, 0.3) is 10.9 Å². The van der Waals surface area contributed by atoms with E-state index in [9.17, 15) is 14.9 Å². The average molecular weight is 352 g/mol. The second kappa shape index (κ2) is 5.86. The number of ether oxygens (including phenoxy) is 1. The first-order chi connectivity index (χ1) is 11.0. The lowest BCUT2D eigenvalue weighted by atomic mass is 10.2. The van der Waals surface area contributed by atoms with Crippen LogP contribution in [-0.4, -0.2) is 14.9 Å². The Kier molecular flexibility index (Phi) is 3.89. The van der Waals surface area contributed by atoms with Crippen LogP contribution in [0.5, 0.6) is 11.5 Å². The van der Waals surface area contributed by atoms with Gasteiger partial charge in [0.25, 0.3) is 11.2 Å². The van der Waals surface area contributed by atoms with Gasteiger partial charge in [0.15, 0.2) is 5.75 Å². The van der Waals surface area contributed by atoms with Crippen molar-refractivity contribution in [2.75, 3.05) is 0 Å². The number of H-pyrrole nitrogens is 1. The normalized spacial score (nSPS) is 10.7. The first kappa shape index (κ1) is 15.3. The van der Waals surface area contributed by atoms with Gasteiger partial charge in [-0.2, -0.15) is 0 Å². The Hall–Kier alpha value is -2.64. The monoisotopic (exact) mass is 351 g/mol. The van der Waals surface area contributed by atoms with E-state index in [2.05, 4.69) is 9.97 Å². The molecule has 9 heteroatoms. The van der Waals surface area contributed by atoms with Crippen molar-refractivity contribution in [2.24, 2.45) is 0 Å². The second-order valence-corrected chi connectivity index (χ2v) is 5.32. The van der Waals surface area contributed by atoms with Crippen LogP contribution in [0.2, 0.25) is 10.0 Å². The van der Waals surface area contributed by atoms with Gasteiger partial charge in [-0.15, -0.1) is 0 Å². The molecular weight excluding hydrogens is 345 g/mol. The summed E-state index contributed by atoms with van der Waals surface area (Å²) < 4.78 is 5.57. The van der Waals surface area contributed by atoms with E-state index in [4.69, 9.17) is 27.9 Å². The number of halogens is 2. The zero-order valence-electron chi connectivity index (χ0n) is 11.2. The fourth-order valence-electron chi connectivity index (χ4n) is 1.98. The first-order valence-electron chi connectivity index (χ1n) is 6.24. The Morgan fingerprint density at radius 1 is 1.17 bits per heavy atom. The fraction of sp³-hybridized carbons (Fsp3) is 0. The smallest absolute Gasteiger partial charge is 0.272 e. The molecule has 1 N–H and O–H groups in total. The number of nitrogens with zero attached hydrogens (tertiary/aromatic N) is 2.